The van der Waals surface area contributed by atoms with Crippen molar-refractivity contribution in [2.45, 2.75) is 25.7 Å². The van der Waals surface area contributed by atoms with E-state index in [1.165, 1.54) is 12.8 Å². The molecule has 0 aromatic rings. The van der Waals surface area contributed by atoms with Crippen LogP contribution in [0.1, 0.15) is 25.7 Å². The fourth-order valence-corrected chi connectivity index (χ4v) is 2.55. The molecule has 0 spiro atoms. The van der Waals surface area contributed by atoms with Crippen LogP contribution in [-0.4, -0.2) is 5.78 Å². The summed E-state index contributed by atoms with van der Waals surface area (Å²) < 4.78 is 0. The molecule has 0 N–H and O–H groups in total. The van der Waals surface area contributed by atoms with E-state index < -0.39 is 0 Å². The highest BCUT2D eigenvalue weighted by Gasteiger charge is 2.44. The molecule has 2 heteroatoms. The maximum atomic E-state index is 11.2. The molecule has 0 bridgehead atoms. The van der Waals surface area contributed by atoms with Gasteiger partial charge in [-0.15, -0.1) is 0 Å². The maximum absolute atomic E-state index is 11.2. The van der Waals surface area contributed by atoms with E-state index in [4.69, 9.17) is 5.26 Å². The molecule has 2 aliphatic rings. The zero-order valence-electron chi connectivity index (χ0n) is 6.42. The van der Waals surface area contributed by atoms with Crippen LogP contribution in [0.25, 0.3) is 0 Å². The molecule has 3 atom stereocenters. The number of nitrogens with zero attached hydrogens (tertiary/aromatic N) is 1. The van der Waals surface area contributed by atoms with Crippen molar-refractivity contribution in [3.8, 4) is 6.07 Å². The van der Waals surface area contributed by atoms with Gasteiger partial charge in [-0.25, -0.2) is 0 Å². The molecule has 11 heavy (non-hydrogen) atoms. The topological polar surface area (TPSA) is 40.9 Å². The minimum absolute atomic E-state index is 0.196. The van der Waals surface area contributed by atoms with E-state index >= 15 is 0 Å². The quantitative estimate of drug-likeness (QED) is 0.524. The van der Waals surface area contributed by atoms with Crippen molar-refractivity contribution < 1.29 is 4.79 Å². The highest BCUT2D eigenvalue weighted by molar-refractivity contribution is 5.86. The standard InChI is InChI=1S/C9H11NO/c10-5-8-7-3-1-2-6(7)4-9(8)11/h6-8H,1-4H2/t6-,7-,8?/m0/s1. The van der Waals surface area contributed by atoms with Crippen LogP contribution in [-0.2, 0) is 4.79 Å². The Morgan fingerprint density at radius 3 is 3.00 bits per heavy atom. The van der Waals surface area contributed by atoms with E-state index in [-0.39, 0.29) is 11.7 Å². The van der Waals surface area contributed by atoms with Crippen LogP contribution in [0.2, 0.25) is 0 Å². The van der Waals surface area contributed by atoms with E-state index in [0.717, 1.165) is 6.42 Å². The molecule has 2 nitrogen and oxygen atoms in total. The van der Waals surface area contributed by atoms with Crippen molar-refractivity contribution in [1.82, 2.24) is 0 Å². The van der Waals surface area contributed by atoms with Gasteiger partial charge in [0.05, 0.1) is 6.07 Å². The van der Waals surface area contributed by atoms with Gasteiger partial charge >= 0.3 is 0 Å². The average molecular weight is 149 g/mol. The number of fused-ring (bicyclic) bond motifs is 1. The number of hydrogen-bond acceptors (Lipinski definition) is 2. The van der Waals surface area contributed by atoms with E-state index in [2.05, 4.69) is 6.07 Å². The second-order valence-electron chi connectivity index (χ2n) is 3.63. The lowest BCUT2D eigenvalue weighted by Gasteiger charge is -2.08. The molecule has 0 radical (unpaired) electrons. The molecule has 2 rings (SSSR count). The van der Waals surface area contributed by atoms with Gasteiger partial charge in [-0.1, -0.05) is 6.42 Å². The third-order valence-corrected chi connectivity index (χ3v) is 3.10. The van der Waals surface area contributed by atoms with Crippen LogP contribution in [0.4, 0.5) is 0 Å². The molecule has 0 aliphatic heterocycles. The minimum Gasteiger partial charge on any atom is -0.298 e. The van der Waals surface area contributed by atoms with E-state index in [1.54, 1.807) is 0 Å². The summed E-state index contributed by atoms with van der Waals surface area (Å²) >= 11 is 0. The Labute approximate surface area is 66.2 Å². The summed E-state index contributed by atoms with van der Waals surface area (Å²) in [4.78, 5) is 11.2. The van der Waals surface area contributed by atoms with Gasteiger partial charge in [0, 0.05) is 6.42 Å². The fraction of sp³-hybridized carbons (Fsp3) is 0.778. The van der Waals surface area contributed by atoms with Crippen LogP contribution in [0, 0.1) is 29.1 Å². The lowest BCUT2D eigenvalue weighted by molar-refractivity contribution is -0.119. The van der Waals surface area contributed by atoms with Gasteiger partial charge in [-0.3, -0.25) is 4.79 Å². The molecule has 0 aromatic carbocycles. The van der Waals surface area contributed by atoms with Gasteiger partial charge in [0.1, 0.15) is 5.92 Å². The molecule has 0 aromatic heterocycles. The lowest BCUT2D eigenvalue weighted by Crippen LogP contribution is -2.11. The van der Waals surface area contributed by atoms with Gasteiger partial charge in [0.25, 0.3) is 0 Å². The molecule has 2 saturated carbocycles. The molecule has 0 heterocycles. The SMILES string of the molecule is N#CC1C(=O)C[C@@H]2CCC[C@H]12. The Bertz CT molecular complexity index is 228. The Balaban J connectivity index is 2.21. The zero-order valence-corrected chi connectivity index (χ0v) is 6.42. The second kappa shape index (κ2) is 2.34. The Hall–Kier alpha value is -0.840. The summed E-state index contributed by atoms with van der Waals surface area (Å²) in [6.07, 6.45) is 4.19. The Morgan fingerprint density at radius 1 is 1.45 bits per heavy atom. The highest BCUT2D eigenvalue weighted by Crippen LogP contribution is 2.45. The van der Waals surface area contributed by atoms with Crippen LogP contribution in [0.3, 0.4) is 0 Å². The summed E-state index contributed by atoms with van der Waals surface area (Å²) in [5.74, 6) is 0.935. The molecule has 1 unspecified atom stereocenters. The van der Waals surface area contributed by atoms with E-state index in [1.807, 2.05) is 0 Å². The van der Waals surface area contributed by atoms with Crippen molar-refractivity contribution in [2.24, 2.45) is 17.8 Å². The summed E-state index contributed by atoms with van der Waals surface area (Å²) in [5.41, 5.74) is 0. The number of hydrogen-bond donors (Lipinski definition) is 0. The molecular formula is C9H11NO. The van der Waals surface area contributed by atoms with Crippen molar-refractivity contribution in [3.05, 3.63) is 0 Å². The van der Waals surface area contributed by atoms with Gasteiger partial charge < -0.3 is 0 Å². The first-order valence-corrected chi connectivity index (χ1v) is 4.25. The number of Topliss-reactive ketones (excluding diaryl/α,β-unsaturated/α-hetero) is 1. The highest BCUT2D eigenvalue weighted by atomic mass is 16.1. The van der Waals surface area contributed by atoms with Crippen molar-refractivity contribution in [2.75, 3.05) is 0 Å². The molecule has 2 aliphatic carbocycles. The van der Waals surface area contributed by atoms with Crippen LogP contribution < -0.4 is 0 Å². The van der Waals surface area contributed by atoms with Crippen molar-refractivity contribution in [3.63, 3.8) is 0 Å². The molecule has 0 amide bonds. The van der Waals surface area contributed by atoms with E-state index in [9.17, 15) is 4.79 Å². The van der Waals surface area contributed by atoms with Gasteiger partial charge in [0.2, 0.25) is 0 Å². The third kappa shape index (κ3) is 0.875. The fourth-order valence-electron chi connectivity index (χ4n) is 2.55. The Kier molecular flexibility index (Phi) is 1.45. The van der Waals surface area contributed by atoms with Gasteiger partial charge in [0.15, 0.2) is 5.78 Å². The zero-order chi connectivity index (χ0) is 7.84. The molecule has 2 fully saturated rings. The van der Waals surface area contributed by atoms with Crippen LogP contribution >= 0.6 is 0 Å². The average Bonchev–Trinajstić information content (AvgIpc) is 2.46. The lowest BCUT2D eigenvalue weighted by atomic mass is 9.93. The van der Waals surface area contributed by atoms with Crippen LogP contribution in [0.15, 0.2) is 0 Å². The first-order valence-electron chi connectivity index (χ1n) is 4.25. The summed E-state index contributed by atoms with van der Waals surface area (Å²) in [5, 5.41) is 8.71. The number of nitriles is 1. The summed E-state index contributed by atoms with van der Waals surface area (Å²) in [6.45, 7) is 0. The normalized spacial score (nSPS) is 42.1. The first kappa shape index (κ1) is 6.84. The minimum atomic E-state index is -0.248. The second-order valence-corrected chi connectivity index (χ2v) is 3.63. The number of carbonyl (C=O) groups is 1. The Morgan fingerprint density at radius 2 is 2.27 bits per heavy atom. The summed E-state index contributed by atoms with van der Waals surface area (Å²) in [7, 11) is 0. The number of ketones is 1. The number of carbonyl (C=O) groups excluding carboxylic acids is 1. The first-order chi connectivity index (χ1) is 5.33. The van der Waals surface area contributed by atoms with Crippen molar-refractivity contribution >= 4 is 5.78 Å². The van der Waals surface area contributed by atoms with E-state index in [0.29, 0.717) is 18.3 Å². The van der Waals surface area contributed by atoms with Crippen LogP contribution in [0.5, 0.6) is 0 Å². The molecule has 0 saturated heterocycles. The third-order valence-electron chi connectivity index (χ3n) is 3.10. The monoisotopic (exact) mass is 149 g/mol. The predicted octanol–water partition coefficient (Wildman–Crippen LogP) is 1.52. The smallest absolute Gasteiger partial charge is 0.150 e. The molecular weight excluding hydrogens is 138 g/mol. The summed E-state index contributed by atoms with van der Waals surface area (Å²) in [6, 6.07) is 2.14. The van der Waals surface area contributed by atoms with Gasteiger partial charge in [-0.05, 0) is 24.7 Å². The van der Waals surface area contributed by atoms with Gasteiger partial charge in [-0.2, -0.15) is 5.26 Å². The molecule has 58 valence electrons. The number of rotatable bonds is 0. The van der Waals surface area contributed by atoms with Crippen molar-refractivity contribution in [1.29, 1.82) is 5.26 Å². The predicted molar refractivity (Wildman–Crippen MR) is 39.6 cm³/mol. The largest absolute Gasteiger partial charge is 0.298 e. The maximum Gasteiger partial charge on any atom is 0.150 e.